The number of rotatable bonds is 8. The van der Waals surface area contributed by atoms with E-state index in [-0.39, 0.29) is 12.6 Å². The second-order valence-corrected chi connectivity index (χ2v) is 7.28. The zero-order valence-corrected chi connectivity index (χ0v) is 14.1. The summed E-state index contributed by atoms with van der Waals surface area (Å²) in [5.41, 5.74) is 1.03. The van der Waals surface area contributed by atoms with Gasteiger partial charge in [0.05, 0.1) is 6.54 Å². The van der Waals surface area contributed by atoms with Gasteiger partial charge in [-0.1, -0.05) is 35.5 Å². The van der Waals surface area contributed by atoms with Crippen LogP contribution in [-0.2, 0) is 23.1 Å². The topological polar surface area (TPSA) is 97.1 Å². The Labute approximate surface area is 142 Å². The van der Waals surface area contributed by atoms with Crippen molar-refractivity contribution in [2.24, 2.45) is 0 Å². The highest BCUT2D eigenvalue weighted by Crippen LogP contribution is 2.37. The van der Waals surface area contributed by atoms with E-state index in [9.17, 15) is 9.00 Å². The Morgan fingerprint density at radius 1 is 1.25 bits per heavy atom. The summed E-state index contributed by atoms with van der Waals surface area (Å²) in [7, 11) is -1.01. The Hall–Kier alpha value is -2.22. The third kappa shape index (κ3) is 5.16. The molecule has 24 heavy (non-hydrogen) atoms. The lowest BCUT2D eigenvalue weighted by Gasteiger charge is -2.06. The number of amides is 2. The van der Waals surface area contributed by atoms with Gasteiger partial charge in [-0.3, -0.25) is 4.21 Å². The summed E-state index contributed by atoms with van der Waals surface area (Å²) in [4.78, 5) is 15.9. The molecule has 0 bridgehead atoms. The SMILES string of the molecule is O=C(NCC[S@@](=O)Cc1ccccc1)NCc1nc(C2CC2)no1. The molecular weight excluding hydrogens is 328 g/mol. The predicted molar refractivity (Wildman–Crippen MR) is 89.7 cm³/mol. The molecule has 1 aromatic carbocycles. The van der Waals surface area contributed by atoms with Crippen molar-refractivity contribution in [3.63, 3.8) is 0 Å². The van der Waals surface area contributed by atoms with Crippen molar-refractivity contribution in [2.45, 2.75) is 31.1 Å². The number of urea groups is 1. The van der Waals surface area contributed by atoms with Crippen LogP contribution >= 0.6 is 0 Å². The number of aromatic nitrogens is 2. The van der Waals surface area contributed by atoms with Crippen LogP contribution in [0.25, 0.3) is 0 Å². The Balaban J connectivity index is 1.31. The van der Waals surface area contributed by atoms with Crippen LogP contribution in [0.15, 0.2) is 34.9 Å². The van der Waals surface area contributed by atoms with Crippen molar-refractivity contribution in [3.05, 3.63) is 47.6 Å². The van der Waals surface area contributed by atoms with E-state index in [0.717, 1.165) is 24.2 Å². The monoisotopic (exact) mass is 348 g/mol. The summed E-state index contributed by atoms with van der Waals surface area (Å²) in [6.07, 6.45) is 2.21. The van der Waals surface area contributed by atoms with E-state index in [2.05, 4.69) is 20.8 Å². The van der Waals surface area contributed by atoms with Crippen LogP contribution in [0.5, 0.6) is 0 Å². The molecule has 0 aliphatic heterocycles. The van der Waals surface area contributed by atoms with E-state index in [0.29, 0.717) is 29.9 Å². The van der Waals surface area contributed by atoms with Crippen LogP contribution in [0, 0.1) is 0 Å². The highest BCUT2D eigenvalue weighted by atomic mass is 32.2. The predicted octanol–water partition coefficient (Wildman–Crippen LogP) is 1.70. The first kappa shape index (κ1) is 16.6. The molecule has 0 radical (unpaired) electrons. The standard InChI is InChI=1S/C16H20N4O3S/c21-16(18-10-14-19-15(20-23-14)13-6-7-13)17-8-9-24(22)11-12-4-2-1-3-5-12/h1-5,13H,6-11H2,(H2,17,18,21)/t24-/m1/s1. The zero-order valence-electron chi connectivity index (χ0n) is 13.2. The lowest BCUT2D eigenvalue weighted by atomic mass is 10.2. The van der Waals surface area contributed by atoms with E-state index < -0.39 is 10.8 Å². The third-order valence-corrected chi connectivity index (χ3v) is 4.93. The number of nitrogens with zero attached hydrogens (tertiary/aromatic N) is 2. The van der Waals surface area contributed by atoms with Gasteiger partial charge in [0.1, 0.15) is 0 Å². The molecule has 3 rings (SSSR count). The van der Waals surface area contributed by atoms with Crippen molar-refractivity contribution in [1.82, 2.24) is 20.8 Å². The van der Waals surface area contributed by atoms with Crippen molar-refractivity contribution >= 4 is 16.8 Å². The minimum Gasteiger partial charge on any atom is -0.337 e. The van der Waals surface area contributed by atoms with Crippen LogP contribution in [0.1, 0.15) is 36.0 Å². The van der Waals surface area contributed by atoms with Crippen LogP contribution in [0.3, 0.4) is 0 Å². The maximum atomic E-state index is 12.0. The zero-order chi connectivity index (χ0) is 16.8. The summed E-state index contributed by atoms with van der Waals surface area (Å²) in [5, 5.41) is 9.21. The number of nitrogens with one attached hydrogen (secondary N) is 2. The number of carbonyl (C=O) groups excluding carboxylic acids is 1. The molecule has 2 N–H and O–H groups in total. The summed E-state index contributed by atoms with van der Waals surface area (Å²) in [5.74, 6) is 2.46. The van der Waals surface area contributed by atoms with Crippen molar-refractivity contribution in [3.8, 4) is 0 Å². The molecule has 0 spiro atoms. The normalized spacial score (nSPS) is 15.0. The minimum atomic E-state index is -1.01. The Morgan fingerprint density at radius 2 is 2.04 bits per heavy atom. The maximum absolute atomic E-state index is 12.0. The minimum absolute atomic E-state index is 0.193. The molecule has 2 amide bonds. The number of hydrogen-bond donors (Lipinski definition) is 2. The molecular formula is C16H20N4O3S. The van der Waals surface area contributed by atoms with Gasteiger partial charge in [-0.05, 0) is 18.4 Å². The fraction of sp³-hybridized carbons (Fsp3) is 0.438. The van der Waals surface area contributed by atoms with E-state index >= 15 is 0 Å². The van der Waals surface area contributed by atoms with Gasteiger partial charge in [0, 0.05) is 34.8 Å². The molecule has 0 unspecified atom stereocenters. The lowest BCUT2D eigenvalue weighted by Crippen LogP contribution is -2.37. The number of benzene rings is 1. The fourth-order valence-corrected chi connectivity index (χ4v) is 3.21. The first-order valence-corrected chi connectivity index (χ1v) is 9.42. The van der Waals surface area contributed by atoms with Crippen LogP contribution in [0.4, 0.5) is 4.79 Å². The molecule has 1 aliphatic rings. The van der Waals surface area contributed by atoms with Gasteiger partial charge < -0.3 is 15.2 Å². The van der Waals surface area contributed by atoms with Gasteiger partial charge in [0.25, 0.3) is 0 Å². The molecule has 7 nitrogen and oxygen atoms in total. The van der Waals surface area contributed by atoms with E-state index in [4.69, 9.17) is 4.52 Å². The Morgan fingerprint density at radius 3 is 2.79 bits per heavy atom. The molecule has 8 heteroatoms. The average Bonchev–Trinajstić information content (AvgIpc) is 3.32. The largest absolute Gasteiger partial charge is 0.337 e. The van der Waals surface area contributed by atoms with Gasteiger partial charge in [-0.15, -0.1) is 0 Å². The van der Waals surface area contributed by atoms with Crippen LogP contribution < -0.4 is 10.6 Å². The van der Waals surface area contributed by atoms with Gasteiger partial charge in [-0.25, -0.2) is 4.79 Å². The molecule has 0 saturated heterocycles. The highest BCUT2D eigenvalue weighted by Gasteiger charge is 2.28. The van der Waals surface area contributed by atoms with Crippen molar-refractivity contribution in [2.75, 3.05) is 12.3 Å². The van der Waals surface area contributed by atoms with Gasteiger partial charge in [0.2, 0.25) is 5.89 Å². The van der Waals surface area contributed by atoms with E-state index in [1.165, 1.54) is 0 Å². The molecule has 1 aliphatic carbocycles. The van der Waals surface area contributed by atoms with E-state index in [1.807, 2.05) is 30.3 Å². The van der Waals surface area contributed by atoms with Crippen LogP contribution in [0.2, 0.25) is 0 Å². The fourth-order valence-electron chi connectivity index (χ4n) is 2.18. The average molecular weight is 348 g/mol. The van der Waals surface area contributed by atoms with Crippen molar-refractivity contribution < 1.29 is 13.5 Å². The molecule has 1 fully saturated rings. The van der Waals surface area contributed by atoms with Gasteiger partial charge >= 0.3 is 6.03 Å². The van der Waals surface area contributed by atoms with E-state index in [1.54, 1.807) is 0 Å². The highest BCUT2D eigenvalue weighted by molar-refractivity contribution is 7.84. The summed E-state index contributed by atoms with van der Waals surface area (Å²) in [6.45, 7) is 0.543. The quantitative estimate of drug-likeness (QED) is 0.757. The third-order valence-electron chi connectivity index (χ3n) is 3.61. The number of carbonyl (C=O) groups is 1. The molecule has 128 valence electrons. The molecule has 1 heterocycles. The van der Waals surface area contributed by atoms with Gasteiger partial charge in [0.15, 0.2) is 5.82 Å². The summed E-state index contributed by atoms with van der Waals surface area (Å²) in [6, 6.07) is 9.32. The molecule has 1 aromatic heterocycles. The van der Waals surface area contributed by atoms with Crippen molar-refractivity contribution in [1.29, 1.82) is 0 Å². The van der Waals surface area contributed by atoms with Gasteiger partial charge in [-0.2, -0.15) is 4.98 Å². The first-order chi connectivity index (χ1) is 11.7. The molecule has 1 saturated carbocycles. The lowest BCUT2D eigenvalue weighted by molar-refractivity contribution is 0.239. The molecule has 1 atom stereocenters. The summed E-state index contributed by atoms with van der Waals surface area (Å²) >= 11 is 0. The number of hydrogen-bond acceptors (Lipinski definition) is 5. The Kier molecular flexibility index (Phi) is 5.58. The first-order valence-electron chi connectivity index (χ1n) is 7.94. The second kappa shape index (κ2) is 8.05. The second-order valence-electron chi connectivity index (χ2n) is 5.70. The smallest absolute Gasteiger partial charge is 0.315 e. The Bertz CT molecular complexity index is 700. The summed E-state index contributed by atoms with van der Waals surface area (Å²) < 4.78 is 17.0. The maximum Gasteiger partial charge on any atom is 0.315 e. The van der Waals surface area contributed by atoms with Crippen LogP contribution in [-0.4, -0.2) is 32.7 Å². The molecule has 2 aromatic rings.